The molecule has 0 saturated heterocycles. The molecule has 0 bridgehead atoms. The first-order valence-electron chi connectivity index (χ1n) is 20.1. The fourth-order valence-electron chi connectivity index (χ4n) is 9.43. The van der Waals surface area contributed by atoms with E-state index in [-0.39, 0.29) is 5.41 Å². The summed E-state index contributed by atoms with van der Waals surface area (Å²) in [4.78, 5) is 14.9. The normalized spacial score (nSPS) is 13.1. The van der Waals surface area contributed by atoms with Crippen LogP contribution in [0.3, 0.4) is 0 Å². The summed E-state index contributed by atoms with van der Waals surface area (Å²) in [5.74, 6) is 1.84. The van der Waals surface area contributed by atoms with Crippen LogP contribution in [0, 0.1) is 0 Å². The largest absolute Gasteiger partial charge is 0.455 e. The zero-order chi connectivity index (χ0) is 39.2. The van der Waals surface area contributed by atoms with Crippen molar-refractivity contribution in [2.75, 3.05) is 0 Å². The Morgan fingerprint density at radius 1 is 0.441 bits per heavy atom. The first-order chi connectivity index (χ1) is 29.0. The van der Waals surface area contributed by atoms with E-state index in [1.54, 1.807) is 0 Å². The van der Waals surface area contributed by atoms with Gasteiger partial charge in [-0.15, -0.1) is 0 Å². The van der Waals surface area contributed by atoms with Crippen LogP contribution in [-0.2, 0) is 5.41 Å². The van der Waals surface area contributed by atoms with Crippen molar-refractivity contribution in [3.8, 4) is 62.1 Å². The summed E-state index contributed by atoms with van der Waals surface area (Å²) < 4.78 is 9.36. The molecule has 8 aromatic carbocycles. The molecule has 1 aliphatic carbocycles. The Balaban J connectivity index is 1.09. The van der Waals surface area contributed by atoms with Gasteiger partial charge in [0.05, 0.1) is 11.0 Å². The van der Waals surface area contributed by atoms with Crippen LogP contribution in [0.15, 0.2) is 186 Å². The number of rotatable bonds is 5. The number of para-hydroxylation sites is 1. The van der Waals surface area contributed by atoms with Gasteiger partial charge >= 0.3 is 0 Å². The highest BCUT2D eigenvalue weighted by Gasteiger charge is 2.37. The van der Waals surface area contributed by atoms with Gasteiger partial charge in [-0.05, 0) is 64.2 Å². The third-order valence-electron chi connectivity index (χ3n) is 12.2. The minimum absolute atomic E-state index is 0.0925. The lowest BCUT2D eigenvalue weighted by Crippen LogP contribution is -2.14. The maximum atomic E-state index is 6.92. The number of aromatic nitrogens is 4. The molecule has 278 valence electrons. The summed E-state index contributed by atoms with van der Waals surface area (Å²) in [7, 11) is 0. The molecule has 0 radical (unpaired) electrons. The molecule has 5 nitrogen and oxygen atoms in total. The van der Waals surface area contributed by atoms with Crippen LogP contribution in [0.25, 0.3) is 106 Å². The summed E-state index contributed by atoms with van der Waals surface area (Å²) in [6.07, 6.45) is 0. The average molecular weight is 757 g/mol. The Morgan fingerprint density at radius 2 is 1.05 bits per heavy atom. The van der Waals surface area contributed by atoms with Crippen molar-refractivity contribution in [3.63, 3.8) is 0 Å². The minimum Gasteiger partial charge on any atom is -0.455 e. The molecule has 0 unspecified atom stereocenters. The number of furan rings is 1. The number of hydrogen-bond acceptors (Lipinski definition) is 4. The molecule has 0 N–H and O–H groups in total. The zero-order valence-electron chi connectivity index (χ0n) is 32.5. The fraction of sp³-hybridized carbons (Fsp3) is 0.0556. The molecule has 59 heavy (non-hydrogen) atoms. The van der Waals surface area contributed by atoms with Gasteiger partial charge in [-0.2, -0.15) is 0 Å². The van der Waals surface area contributed by atoms with Crippen LogP contribution in [0.5, 0.6) is 0 Å². The van der Waals surface area contributed by atoms with Gasteiger partial charge in [0.2, 0.25) is 0 Å². The second kappa shape index (κ2) is 12.7. The maximum absolute atomic E-state index is 6.92. The lowest BCUT2D eigenvalue weighted by molar-refractivity contribution is 0.661. The van der Waals surface area contributed by atoms with E-state index in [1.165, 1.54) is 44.1 Å². The van der Waals surface area contributed by atoms with Gasteiger partial charge in [0.1, 0.15) is 11.2 Å². The van der Waals surface area contributed by atoms with E-state index >= 15 is 0 Å². The topological polar surface area (TPSA) is 56.7 Å². The summed E-state index contributed by atoms with van der Waals surface area (Å²) in [6.45, 7) is 4.70. The van der Waals surface area contributed by atoms with Gasteiger partial charge in [-0.25, -0.2) is 15.0 Å². The Labute approximate surface area is 340 Å². The molecule has 0 amide bonds. The predicted octanol–water partition coefficient (Wildman–Crippen LogP) is 13.8. The van der Waals surface area contributed by atoms with Gasteiger partial charge in [0.15, 0.2) is 17.5 Å². The highest BCUT2D eigenvalue weighted by Crippen LogP contribution is 2.53. The Morgan fingerprint density at radius 3 is 1.76 bits per heavy atom. The molecule has 0 fully saturated rings. The third-order valence-corrected chi connectivity index (χ3v) is 12.2. The smallest absolute Gasteiger partial charge is 0.164 e. The van der Waals surface area contributed by atoms with Crippen molar-refractivity contribution in [3.05, 3.63) is 193 Å². The van der Waals surface area contributed by atoms with Gasteiger partial charge < -0.3 is 8.98 Å². The monoisotopic (exact) mass is 756 g/mol. The van der Waals surface area contributed by atoms with Crippen molar-refractivity contribution in [2.45, 2.75) is 19.3 Å². The summed E-state index contributed by atoms with van der Waals surface area (Å²) in [5.41, 5.74) is 15.2. The lowest BCUT2D eigenvalue weighted by atomic mass is 9.82. The Kier molecular flexibility index (Phi) is 7.20. The molecule has 0 spiro atoms. The van der Waals surface area contributed by atoms with Gasteiger partial charge in [0, 0.05) is 54.9 Å². The number of fused-ring (bicyclic) bond motifs is 10. The molecule has 12 rings (SSSR count). The molecule has 11 aromatic rings. The first-order valence-corrected chi connectivity index (χ1v) is 20.1. The zero-order valence-corrected chi connectivity index (χ0v) is 32.5. The van der Waals surface area contributed by atoms with Crippen molar-refractivity contribution >= 4 is 43.7 Å². The Hall–Kier alpha value is -7.63. The second-order valence-corrected chi connectivity index (χ2v) is 16.0. The molecule has 3 aromatic heterocycles. The third kappa shape index (κ3) is 5.08. The van der Waals surface area contributed by atoms with Crippen molar-refractivity contribution in [1.82, 2.24) is 19.5 Å². The molecule has 1 aliphatic rings. The molecule has 0 saturated carbocycles. The van der Waals surface area contributed by atoms with Crippen LogP contribution in [-0.4, -0.2) is 19.5 Å². The van der Waals surface area contributed by atoms with Gasteiger partial charge in [-0.1, -0.05) is 159 Å². The van der Waals surface area contributed by atoms with E-state index < -0.39 is 0 Å². The summed E-state index contributed by atoms with van der Waals surface area (Å²) in [6, 6.07) is 64.1. The van der Waals surface area contributed by atoms with Crippen LogP contribution in [0.1, 0.15) is 25.0 Å². The number of benzene rings is 8. The van der Waals surface area contributed by atoms with Gasteiger partial charge in [-0.3, -0.25) is 0 Å². The predicted molar refractivity (Wildman–Crippen MR) is 241 cm³/mol. The summed E-state index contributed by atoms with van der Waals surface area (Å²) >= 11 is 0. The molecule has 5 heteroatoms. The average Bonchev–Trinajstić information content (AvgIpc) is 3.92. The number of hydrogen-bond donors (Lipinski definition) is 0. The fourth-order valence-corrected chi connectivity index (χ4v) is 9.43. The van der Waals surface area contributed by atoms with E-state index in [9.17, 15) is 0 Å². The van der Waals surface area contributed by atoms with Crippen LogP contribution in [0.4, 0.5) is 0 Å². The van der Waals surface area contributed by atoms with Crippen LogP contribution >= 0.6 is 0 Å². The van der Waals surface area contributed by atoms with E-state index in [0.29, 0.717) is 17.5 Å². The highest BCUT2D eigenvalue weighted by molar-refractivity contribution is 6.18. The van der Waals surface area contributed by atoms with Crippen LogP contribution in [0.2, 0.25) is 0 Å². The SMILES string of the molecule is CC1(C)c2ccccc2-c2c1ccc1c2c2ccccc2n1-c1cc(-c2ccccc2)c2oc3cc(-c4nc(-c5ccccc5)nc(-c5ccccc5)n4)ccc3c2c1. The standard InChI is InChI=1S/C54H36N4O/c1-54(2)43-24-14-12-22-39(43)48-44(54)28-29-46-49(48)40-23-13-15-25-45(40)58(46)37-31-41(33-16-6-3-7-17-33)50-42(32-37)38-27-26-36(30-47(38)59-50)53-56-51(34-18-8-4-9-19-34)55-52(57-53)35-20-10-5-11-21-35/h3-32H,1-2H3. The second-order valence-electron chi connectivity index (χ2n) is 16.0. The molecule has 3 heterocycles. The quantitative estimate of drug-likeness (QED) is 0.175. The number of nitrogens with zero attached hydrogens (tertiary/aromatic N) is 4. The molecule has 0 atom stereocenters. The van der Waals surface area contributed by atoms with Crippen LogP contribution < -0.4 is 0 Å². The molecular formula is C54H36N4O. The van der Waals surface area contributed by atoms with Crippen molar-refractivity contribution in [2.24, 2.45) is 0 Å². The maximum Gasteiger partial charge on any atom is 0.164 e. The van der Waals surface area contributed by atoms with Gasteiger partial charge in [0.25, 0.3) is 0 Å². The first kappa shape index (κ1) is 33.5. The molecular weight excluding hydrogens is 721 g/mol. The highest BCUT2D eigenvalue weighted by atomic mass is 16.3. The molecule has 0 aliphatic heterocycles. The van der Waals surface area contributed by atoms with E-state index in [1.807, 2.05) is 60.7 Å². The summed E-state index contributed by atoms with van der Waals surface area (Å²) in [5, 5.41) is 4.62. The van der Waals surface area contributed by atoms with E-state index in [0.717, 1.165) is 55.4 Å². The van der Waals surface area contributed by atoms with E-state index in [4.69, 9.17) is 19.4 Å². The van der Waals surface area contributed by atoms with E-state index in [2.05, 4.69) is 140 Å². The van der Waals surface area contributed by atoms with Crippen molar-refractivity contribution in [1.29, 1.82) is 0 Å². The Bertz CT molecular complexity index is 3400. The van der Waals surface area contributed by atoms with Crippen molar-refractivity contribution < 1.29 is 4.42 Å². The minimum atomic E-state index is -0.0925. The lowest BCUT2D eigenvalue weighted by Gasteiger charge is -2.21.